The highest BCUT2D eigenvalue weighted by Gasteiger charge is 2.24. The summed E-state index contributed by atoms with van der Waals surface area (Å²) in [6.07, 6.45) is 0.0321. The summed E-state index contributed by atoms with van der Waals surface area (Å²) in [6.45, 7) is 0. The Labute approximate surface area is 219 Å². The Bertz CT molecular complexity index is 1710. The lowest BCUT2D eigenvalue weighted by Crippen LogP contribution is -2.16. The van der Waals surface area contributed by atoms with E-state index < -0.39 is 20.5 Å². The Morgan fingerprint density at radius 3 is 2.41 bits per heavy atom. The van der Waals surface area contributed by atoms with Crippen molar-refractivity contribution >= 4 is 55.8 Å². The minimum absolute atomic E-state index is 0.0321. The van der Waals surface area contributed by atoms with Crippen LogP contribution >= 0.6 is 23.2 Å². The second kappa shape index (κ2) is 9.63. The summed E-state index contributed by atoms with van der Waals surface area (Å²) in [6, 6.07) is 6.62. The molecule has 0 saturated carbocycles. The van der Waals surface area contributed by atoms with Crippen LogP contribution in [0.3, 0.4) is 0 Å². The quantitative estimate of drug-likeness (QED) is 0.250. The van der Waals surface area contributed by atoms with Crippen molar-refractivity contribution in [3.05, 3.63) is 72.2 Å². The van der Waals surface area contributed by atoms with Gasteiger partial charge in [0.05, 0.1) is 27.0 Å². The summed E-state index contributed by atoms with van der Waals surface area (Å²) in [4.78, 5) is 32.5. The SMILES string of the molecule is COc1ccc(Cc2nc3c(c(N(C)C)nn3-c3c(Cl)cc(S(N)(=O)=O)cc3Cl)c(=O)[nH]2)cc1[N+](=O)[O-]. The molecule has 0 spiro atoms. The Morgan fingerprint density at radius 2 is 1.86 bits per heavy atom. The number of hydrogen-bond acceptors (Lipinski definition) is 9. The van der Waals surface area contributed by atoms with E-state index in [1.165, 1.54) is 23.9 Å². The average molecular weight is 568 g/mol. The Morgan fingerprint density at radius 1 is 1.22 bits per heavy atom. The number of nitrogens with zero attached hydrogens (tertiary/aromatic N) is 5. The van der Waals surface area contributed by atoms with E-state index in [-0.39, 0.29) is 61.2 Å². The van der Waals surface area contributed by atoms with Crippen LogP contribution in [0.4, 0.5) is 11.5 Å². The van der Waals surface area contributed by atoms with Crippen LogP contribution in [-0.2, 0) is 16.4 Å². The smallest absolute Gasteiger partial charge is 0.311 e. The van der Waals surface area contributed by atoms with E-state index in [0.29, 0.717) is 5.56 Å². The van der Waals surface area contributed by atoms with E-state index in [1.807, 2.05) is 0 Å². The maximum atomic E-state index is 13.1. The number of ether oxygens (including phenoxy) is 1. The molecule has 0 radical (unpaired) electrons. The zero-order chi connectivity index (χ0) is 27.2. The molecule has 0 amide bonds. The number of nitro groups is 1. The fourth-order valence-electron chi connectivity index (χ4n) is 3.70. The maximum Gasteiger partial charge on any atom is 0.311 e. The Hall–Kier alpha value is -3.72. The fourth-order valence-corrected chi connectivity index (χ4v) is 5.04. The molecule has 194 valence electrons. The number of primary sulfonamides is 1. The van der Waals surface area contributed by atoms with Crippen LogP contribution < -0.4 is 20.3 Å². The Kier molecular flexibility index (Phi) is 6.85. The summed E-state index contributed by atoms with van der Waals surface area (Å²) in [5, 5.41) is 21.0. The minimum atomic E-state index is -4.09. The fraction of sp³-hybridized carbons (Fsp3) is 0.190. The highest BCUT2D eigenvalue weighted by molar-refractivity contribution is 7.89. The molecular formula is C21H19Cl2N7O6S. The highest BCUT2D eigenvalue weighted by Crippen LogP contribution is 2.35. The normalized spacial score (nSPS) is 11.6. The van der Waals surface area contributed by atoms with Crippen molar-refractivity contribution in [1.82, 2.24) is 19.7 Å². The predicted octanol–water partition coefficient (Wildman–Crippen LogP) is 2.64. The van der Waals surface area contributed by atoms with Gasteiger partial charge < -0.3 is 14.6 Å². The van der Waals surface area contributed by atoms with Crippen molar-refractivity contribution in [1.29, 1.82) is 0 Å². The van der Waals surface area contributed by atoms with Gasteiger partial charge in [-0.2, -0.15) is 0 Å². The number of nitrogens with one attached hydrogen (secondary N) is 1. The lowest BCUT2D eigenvalue weighted by molar-refractivity contribution is -0.385. The van der Waals surface area contributed by atoms with Crippen molar-refractivity contribution < 1.29 is 18.1 Å². The number of methoxy groups -OCH3 is 1. The highest BCUT2D eigenvalue weighted by atomic mass is 35.5. The van der Waals surface area contributed by atoms with Gasteiger partial charge in [-0.15, -0.1) is 5.10 Å². The molecule has 4 rings (SSSR count). The first kappa shape index (κ1) is 26.3. The number of aromatic amines is 1. The summed E-state index contributed by atoms with van der Waals surface area (Å²) in [5.41, 5.74) is -0.110. The summed E-state index contributed by atoms with van der Waals surface area (Å²) >= 11 is 12.8. The van der Waals surface area contributed by atoms with Gasteiger partial charge in [-0.05, 0) is 23.8 Å². The van der Waals surface area contributed by atoms with Gasteiger partial charge in [0, 0.05) is 26.6 Å². The molecule has 4 aromatic rings. The van der Waals surface area contributed by atoms with Crippen LogP contribution in [0.5, 0.6) is 5.75 Å². The van der Waals surface area contributed by atoms with E-state index in [2.05, 4.69) is 15.1 Å². The minimum Gasteiger partial charge on any atom is -0.490 e. The largest absolute Gasteiger partial charge is 0.490 e. The van der Waals surface area contributed by atoms with Crippen LogP contribution in [0, 0.1) is 10.1 Å². The number of anilines is 1. The molecule has 2 heterocycles. The molecule has 0 aliphatic carbocycles. The van der Waals surface area contributed by atoms with Crippen molar-refractivity contribution in [2.75, 3.05) is 26.1 Å². The molecule has 37 heavy (non-hydrogen) atoms. The molecule has 0 aliphatic heterocycles. The molecule has 2 aromatic carbocycles. The number of benzene rings is 2. The van der Waals surface area contributed by atoms with Crippen molar-refractivity contribution in [2.45, 2.75) is 11.3 Å². The third-order valence-electron chi connectivity index (χ3n) is 5.33. The monoisotopic (exact) mass is 567 g/mol. The Balaban J connectivity index is 1.93. The molecule has 0 bridgehead atoms. The topological polar surface area (TPSA) is 179 Å². The van der Waals surface area contributed by atoms with Crippen LogP contribution in [0.2, 0.25) is 10.0 Å². The molecule has 0 unspecified atom stereocenters. The number of hydrogen-bond donors (Lipinski definition) is 2. The standard InChI is InChI=1S/C21H19Cl2N7O6S/c1-28(2)20-17-19(29(27-20)18-12(22)8-11(9-13(18)23)37(24,34)35)25-16(26-21(17)31)7-10-4-5-15(36-3)14(6-10)30(32)33/h4-6,8-9H,7H2,1-3H3,(H2,24,34,35)(H,25,26,31). The van der Waals surface area contributed by atoms with Crippen LogP contribution in [-0.4, -0.2) is 54.3 Å². The number of rotatable bonds is 7. The summed E-state index contributed by atoms with van der Waals surface area (Å²) in [5.74, 6) is 0.515. The van der Waals surface area contributed by atoms with E-state index in [0.717, 1.165) is 12.1 Å². The van der Waals surface area contributed by atoms with E-state index in [1.54, 1.807) is 25.1 Å². The van der Waals surface area contributed by atoms with Crippen LogP contribution in [0.1, 0.15) is 11.4 Å². The van der Waals surface area contributed by atoms with E-state index >= 15 is 0 Å². The van der Waals surface area contributed by atoms with Crippen molar-refractivity contribution in [2.24, 2.45) is 5.14 Å². The molecule has 0 aliphatic rings. The maximum absolute atomic E-state index is 13.1. The lowest BCUT2D eigenvalue weighted by atomic mass is 10.1. The zero-order valence-electron chi connectivity index (χ0n) is 19.5. The van der Waals surface area contributed by atoms with Crippen molar-refractivity contribution in [3.8, 4) is 11.4 Å². The number of fused-ring (bicyclic) bond motifs is 1. The van der Waals surface area contributed by atoms with Crippen molar-refractivity contribution in [3.63, 3.8) is 0 Å². The van der Waals surface area contributed by atoms with Gasteiger partial charge in [0.25, 0.3) is 5.56 Å². The number of nitro benzene ring substituents is 1. The number of sulfonamides is 1. The number of H-pyrrole nitrogens is 1. The summed E-state index contributed by atoms with van der Waals surface area (Å²) in [7, 11) is 0.569. The van der Waals surface area contributed by atoms with Crippen LogP contribution in [0.15, 0.2) is 40.0 Å². The average Bonchev–Trinajstić information content (AvgIpc) is 3.18. The van der Waals surface area contributed by atoms with Gasteiger partial charge in [-0.1, -0.05) is 29.3 Å². The van der Waals surface area contributed by atoms with Gasteiger partial charge >= 0.3 is 5.69 Å². The van der Waals surface area contributed by atoms with Gasteiger partial charge in [0.2, 0.25) is 10.0 Å². The number of halogens is 2. The third kappa shape index (κ3) is 4.96. The van der Waals surface area contributed by atoms with Gasteiger partial charge in [-0.25, -0.2) is 23.2 Å². The third-order valence-corrected chi connectivity index (χ3v) is 6.80. The molecule has 0 saturated heterocycles. The molecule has 0 atom stereocenters. The molecule has 13 nitrogen and oxygen atoms in total. The number of aromatic nitrogens is 4. The van der Waals surface area contributed by atoms with Gasteiger partial charge in [0.1, 0.15) is 16.9 Å². The molecule has 0 fully saturated rings. The molecule has 2 aromatic heterocycles. The number of nitrogens with two attached hydrogens (primary N) is 1. The zero-order valence-corrected chi connectivity index (χ0v) is 21.8. The van der Waals surface area contributed by atoms with Crippen LogP contribution in [0.25, 0.3) is 16.7 Å². The second-order valence-electron chi connectivity index (χ2n) is 8.06. The van der Waals surface area contributed by atoms with E-state index in [9.17, 15) is 23.3 Å². The summed E-state index contributed by atoms with van der Waals surface area (Å²) < 4.78 is 29.8. The van der Waals surface area contributed by atoms with Gasteiger partial charge in [0.15, 0.2) is 17.2 Å². The first-order valence-corrected chi connectivity index (χ1v) is 12.6. The molecule has 16 heteroatoms. The second-order valence-corrected chi connectivity index (χ2v) is 10.4. The lowest BCUT2D eigenvalue weighted by Gasteiger charge is -2.11. The van der Waals surface area contributed by atoms with E-state index in [4.69, 9.17) is 33.1 Å². The predicted molar refractivity (Wildman–Crippen MR) is 138 cm³/mol. The first-order valence-electron chi connectivity index (χ1n) is 10.3. The molecule has 3 N–H and O–H groups in total. The van der Waals surface area contributed by atoms with Gasteiger partial charge in [-0.3, -0.25) is 14.9 Å². The first-order chi connectivity index (χ1) is 17.3. The molecular weight excluding hydrogens is 549 g/mol.